The quantitative estimate of drug-likeness (QED) is 0.284. The second-order valence-corrected chi connectivity index (χ2v) is 9.47. The molecular weight excluding hydrogens is 472 g/mol. The van der Waals surface area contributed by atoms with Gasteiger partial charge in [0.1, 0.15) is 5.76 Å². The van der Waals surface area contributed by atoms with Crippen molar-refractivity contribution in [1.82, 2.24) is 9.97 Å². The first-order valence-electron chi connectivity index (χ1n) is 13.0. The number of aryl methyl sites for hydroxylation is 1. The maximum Gasteiger partial charge on any atom is 0.355 e. The topological polar surface area (TPSA) is 58.5 Å². The fourth-order valence-corrected chi connectivity index (χ4v) is 4.63. The van der Waals surface area contributed by atoms with Crippen molar-refractivity contribution in [3.63, 3.8) is 0 Å². The lowest BCUT2D eigenvalue weighted by Gasteiger charge is -2.28. The molecule has 0 bridgehead atoms. The zero-order valence-electron chi connectivity index (χ0n) is 21.5. The molecule has 37 heavy (non-hydrogen) atoms. The van der Waals surface area contributed by atoms with E-state index < -0.39 is 6.11 Å². The summed E-state index contributed by atoms with van der Waals surface area (Å²) < 4.78 is 31.6. The van der Waals surface area contributed by atoms with Crippen LogP contribution >= 0.6 is 0 Å². The molecule has 196 valence electrons. The third-order valence-corrected chi connectivity index (χ3v) is 6.88. The molecule has 2 aromatic carbocycles. The Bertz CT molecular complexity index is 1200. The van der Waals surface area contributed by atoms with Crippen LogP contribution in [-0.2, 0) is 24.1 Å². The average molecular weight is 508 g/mol. The van der Waals surface area contributed by atoms with Crippen LogP contribution in [-0.4, -0.2) is 34.3 Å². The van der Waals surface area contributed by atoms with Crippen molar-refractivity contribution in [2.24, 2.45) is 0 Å². The van der Waals surface area contributed by atoms with Crippen LogP contribution < -0.4 is 4.90 Å². The van der Waals surface area contributed by atoms with Crippen molar-refractivity contribution in [3.05, 3.63) is 94.8 Å². The third kappa shape index (κ3) is 7.13. The number of fused-ring (bicyclic) bond motifs is 1. The number of aliphatic hydroxyl groups excluding tert-OH is 1. The van der Waals surface area contributed by atoms with Gasteiger partial charge in [0.2, 0.25) is 5.95 Å². The molecule has 1 aromatic heterocycles. The Labute approximate surface area is 217 Å². The second-order valence-electron chi connectivity index (χ2n) is 9.47. The Balaban J connectivity index is 1.48. The van der Waals surface area contributed by atoms with E-state index in [4.69, 9.17) is 4.74 Å². The minimum absolute atomic E-state index is 0.0307. The number of benzene rings is 2. The monoisotopic (exact) mass is 507 g/mol. The van der Waals surface area contributed by atoms with Crippen molar-refractivity contribution >= 4 is 11.7 Å². The number of aliphatic hydroxyl groups is 1. The number of alkyl halides is 2. The minimum atomic E-state index is -3.08. The molecule has 3 aromatic rings. The van der Waals surface area contributed by atoms with E-state index in [9.17, 15) is 13.9 Å². The molecule has 5 nitrogen and oxygen atoms in total. The Morgan fingerprint density at radius 2 is 1.78 bits per heavy atom. The Morgan fingerprint density at radius 3 is 2.54 bits per heavy atom. The summed E-state index contributed by atoms with van der Waals surface area (Å²) in [6.45, 7) is 4.79. The zero-order chi connectivity index (χ0) is 26.3. The summed E-state index contributed by atoms with van der Waals surface area (Å²) in [5.74, 6) is 1.30. The number of hydrogen-bond donors (Lipinski definition) is 1. The van der Waals surface area contributed by atoms with E-state index in [1.165, 1.54) is 6.92 Å². The first kappa shape index (κ1) is 26.7. The molecule has 1 atom stereocenters. The van der Waals surface area contributed by atoms with Gasteiger partial charge in [-0.25, -0.2) is 9.97 Å². The number of nitrogens with zero attached hydrogens (tertiary/aromatic N) is 3. The van der Waals surface area contributed by atoms with Crippen molar-refractivity contribution in [3.8, 4) is 0 Å². The second kappa shape index (κ2) is 12.3. The van der Waals surface area contributed by atoms with E-state index in [0.717, 1.165) is 53.6 Å². The van der Waals surface area contributed by atoms with Gasteiger partial charge in [0, 0.05) is 37.5 Å². The highest BCUT2D eigenvalue weighted by Crippen LogP contribution is 2.35. The Morgan fingerprint density at radius 1 is 1.03 bits per heavy atom. The van der Waals surface area contributed by atoms with Crippen LogP contribution in [0.25, 0.3) is 5.76 Å². The van der Waals surface area contributed by atoms with Crippen molar-refractivity contribution in [2.45, 2.75) is 64.5 Å². The van der Waals surface area contributed by atoms with Crippen molar-refractivity contribution in [2.75, 3.05) is 18.1 Å². The van der Waals surface area contributed by atoms with Gasteiger partial charge < -0.3 is 14.7 Å². The van der Waals surface area contributed by atoms with Crippen LogP contribution in [0.15, 0.2) is 67.0 Å². The van der Waals surface area contributed by atoms with Gasteiger partial charge in [-0.15, -0.1) is 0 Å². The van der Waals surface area contributed by atoms with Gasteiger partial charge in [-0.3, -0.25) is 0 Å². The smallest absolute Gasteiger partial charge is 0.355 e. The molecular formula is C30H35F2N3O2. The average Bonchev–Trinajstić information content (AvgIpc) is 2.92. The molecule has 0 saturated carbocycles. The predicted molar refractivity (Wildman–Crippen MR) is 143 cm³/mol. The number of anilines is 1. The van der Waals surface area contributed by atoms with E-state index in [1.807, 2.05) is 60.9 Å². The molecule has 0 spiro atoms. The first-order valence-corrected chi connectivity index (χ1v) is 13.0. The van der Waals surface area contributed by atoms with Gasteiger partial charge in [0.05, 0.1) is 6.61 Å². The van der Waals surface area contributed by atoms with E-state index >= 15 is 0 Å². The molecule has 1 aliphatic rings. The predicted octanol–water partition coefficient (Wildman–Crippen LogP) is 7.08. The number of hydrogen-bond acceptors (Lipinski definition) is 5. The summed E-state index contributed by atoms with van der Waals surface area (Å²) in [4.78, 5) is 11.4. The maximum atomic E-state index is 13.4. The van der Waals surface area contributed by atoms with E-state index in [-0.39, 0.29) is 18.9 Å². The van der Waals surface area contributed by atoms with Crippen LogP contribution in [0.5, 0.6) is 0 Å². The normalized spacial score (nSPS) is 15.2. The minimum Gasteiger partial charge on any atom is -0.508 e. The lowest BCUT2D eigenvalue weighted by atomic mass is 9.84. The van der Waals surface area contributed by atoms with Crippen LogP contribution in [0.2, 0.25) is 0 Å². The number of aromatic nitrogens is 2. The zero-order valence-corrected chi connectivity index (χ0v) is 21.5. The summed E-state index contributed by atoms with van der Waals surface area (Å²) in [5.41, 5.74) is 5.15. The van der Waals surface area contributed by atoms with Gasteiger partial charge in [-0.1, -0.05) is 62.4 Å². The number of rotatable bonds is 12. The van der Waals surface area contributed by atoms with Crippen LogP contribution in [0.1, 0.15) is 66.8 Å². The summed E-state index contributed by atoms with van der Waals surface area (Å²) in [7, 11) is 0. The molecule has 1 aliphatic carbocycles. The molecule has 1 N–H and O–H groups in total. The molecule has 0 aliphatic heterocycles. The maximum absolute atomic E-state index is 13.4. The van der Waals surface area contributed by atoms with E-state index in [0.29, 0.717) is 24.7 Å². The van der Waals surface area contributed by atoms with Crippen molar-refractivity contribution < 1.29 is 18.6 Å². The summed E-state index contributed by atoms with van der Waals surface area (Å²) in [6.07, 6.45) is 5.16. The number of ether oxygens (including phenoxy) is 1. The number of halogens is 2. The van der Waals surface area contributed by atoms with E-state index in [1.54, 1.807) is 0 Å². The van der Waals surface area contributed by atoms with Crippen molar-refractivity contribution in [1.29, 1.82) is 0 Å². The highest BCUT2D eigenvalue weighted by molar-refractivity contribution is 5.64. The standard InChI is InChI=1S/C30H35F2N3O2/c1-3-22-19-33-29(34-20-22)35(16-14-25-12-13-28(36)27-11-6-5-10-26(25)27)21-24-9-7-8-23(18-24)15-17-37-30(31,32)4-2/h5-11,13,18-20,25,36H,3-4,12,14-17,21H2,1-2H3. The molecule has 0 radical (unpaired) electrons. The van der Waals surface area contributed by atoms with Gasteiger partial charge in [-0.05, 0) is 59.9 Å². The highest BCUT2D eigenvalue weighted by Gasteiger charge is 2.26. The molecule has 1 heterocycles. The first-order chi connectivity index (χ1) is 17.9. The van der Waals surface area contributed by atoms with Crippen LogP contribution in [0.4, 0.5) is 14.7 Å². The molecule has 0 saturated heterocycles. The largest absolute Gasteiger partial charge is 0.508 e. The van der Waals surface area contributed by atoms with E-state index in [2.05, 4.69) is 27.9 Å². The van der Waals surface area contributed by atoms with Gasteiger partial charge in [0.15, 0.2) is 0 Å². The van der Waals surface area contributed by atoms with Crippen LogP contribution in [0.3, 0.4) is 0 Å². The Kier molecular flexibility index (Phi) is 8.87. The molecule has 0 amide bonds. The SMILES string of the molecule is CCc1cnc(N(CCC2CC=C(O)c3ccccc32)Cc2cccc(CCOC(F)(F)CC)c2)nc1. The lowest BCUT2D eigenvalue weighted by Crippen LogP contribution is -2.27. The highest BCUT2D eigenvalue weighted by atomic mass is 19.3. The fourth-order valence-electron chi connectivity index (χ4n) is 4.63. The fraction of sp³-hybridized carbons (Fsp3) is 0.400. The Hall–Kier alpha value is -3.32. The van der Waals surface area contributed by atoms with Gasteiger partial charge in [-0.2, -0.15) is 8.78 Å². The van der Waals surface area contributed by atoms with Crippen LogP contribution in [0, 0.1) is 0 Å². The summed E-state index contributed by atoms with van der Waals surface area (Å²) >= 11 is 0. The molecule has 1 unspecified atom stereocenters. The molecule has 4 rings (SSSR count). The van der Waals surface area contributed by atoms with Gasteiger partial charge in [0.25, 0.3) is 0 Å². The number of allylic oxidation sites excluding steroid dienone is 1. The lowest BCUT2D eigenvalue weighted by molar-refractivity contribution is -0.238. The molecule has 7 heteroatoms. The summed E-state index contributed by atoms with van der Waals surface area (Å²) in [5, 5.41) is 10.3. The third-order valence-electron chi connectivity index (χ3n) is 6.88. The van der Waals surface area contributed by atoms with Gasteiger partial charge >= 0.3 is 6.11 Å². The summed E-state index contributed by atoms with van der Waals surface area (Å²) in [6, 6.07) is 16.0. The molecule has 0 fully saturated rings.